The van der Waals surface area contributed by atoms with E-state index in [-0.39, 0.29) is 0 Å². The zero-order valence-electron chi connectivity index (χ0n) is 13.8. The van der Waals surface area contributed by atoms with E-state index < -0.39 is 0 Å². The largest absolute Gasteiger partial charge is 0.338 e. The van der Waals surface area contributed by atoms with Crippen molar-refractivity contribution in [2.24, 2.45) is 0 Å². The van der Waals surface area contributed by atoms with Crippen molar-refractivity contribution < 1.29 is 4.52 Å². The zero-order chi connectivity index (χ0) is 16.5. The van der Waals surface area contributed by atoms with Crippen LogP contribution in [0.4, 0.5) is 0 Å². The number of rotatable bonds is 4. The Balaban J connectivity index is 1.39. The third-order valence-electron chi connectivity index (χ3n) is 4.41. The van der Waals surface area contributed by atoms with Gasteiger partial charge in [0.05, 0.1) is 5.92 Å². The standard InChI is InChI=1S/C18H19N5O/c1-12-4-5-13(2)14(8-12)9-23-10-15(11-23)18-21-17(22-24-18)16-19-6-3-7-20-16/h3-8,15H,9-11H2,1-2H3. The molecule has 0 radical (unpaired) electrons. The molecule has 0 N–H and O–H groups in total. The molecule has 0 spiro atoms. The van der Waals surface area contributed by atoms with Gasteiger partial charge < -0.3 is 4.52 Å². The van der Waals surface area contributed by atoms with Gasteiger partial charge in [-0.3, -0.25) is 4.90 Å². The van der Waals surface area contributed by atoms with E-state index >= 15 is 0 Å². The molecule has 1 saturated heterocycles. The molecule has 1 aliphatic heterocycles. The predicted molar refractivity (Wildman–Crippen MR) is 89.3 cm³/mol. The van der Waals surface area contributed by atoms with Crippen LogP contribution >= 0.6 is 0 Å². The minimum absolute atomic E-state index is 0.292. The zero-order valence-corrected chi connectivity index (χ0v) is 13.8. The second kappa shape index (κ2) is 6.13. The van der Waals surface area contributed by atoms with E-state index in [1.807, 2.05) is 0 Å². The summed E-state index contributed by atoms with van der Waals surface area (Å²) in [5, 5.41) is 3.99. The minimum Gasteiger partial charge on any atom is -0.338 e. The lowest BCUT2D eigenvalue weighted by Gasteiger charge is -2.37. The van der Waals surface area contributed by atoms with Crippen molar-refractivity contribution in [1.29, 1.82) is 0 Å². The van der Waals surface area contributed by atoms with Crippen LogP contribution in [0.2, 0.25) is 0 Å². The monoisotopic (exact) mass is 321 g/mol. The van der Waals surface area contributed by atoms with Crippen molar-refractivity contribution in [2.45, 2.75) is 26.3 Å². The minimum atomic E-state index is 0.292. The third kappa shape index (κ3) is 2.92. The van der Waals surface area contributed by atoms with Crippen LogP contribution in [0.3, 0.4) is 0 Å². The van der Waals surface area contributed by atoms with Crippen molar-refractivity contribution in [2.75, 3.05) is 13.1 Å². The van der Waals surface area contributed by atoms with Crippen molar-refractivity contribution in [3.05, 3.63) is 59.2 Å². The lowest BCUT2D eigenvalue weighted by atomic mass is 9.97. The Morgan fingerprint density at radius 2 is 1.92 bits per heavy atom. The van der Waals surface area contributed by atoms with E-state index in [9.17, 15) is 0 Å². The van der Waals surface area contributed by atoms with Crippen molar-refractivity contribution in [3.8, 4) is 11.6 Å². The molecule has 0 bridgehead atoms. The average molecular weight is 321 g/mol. The summed E-state index contributed by atoms with van der Waals surface area (Å²) < 4.78 is 5.40. The average Bonchev–Trinajstić information content (AvgIpc) is 3.04. The molecule has 3 heterocycles. The molecule has 0 aliphatic carbocycles. The fraction of sp³-hybridized carbons (Fsp3) is 0.333. The fourth-order valence-corrected chi connectivity index (χ4v) is 2.97. The molecule has 6 heteroatoms. The van der Waals surface area contributed by atoms with Crippen LogP contribution < -0.4 is 0 Å². The molecular formula is C18H19N5O. The SMILES string of the molecule is Cc1ccc(C)c(CN2CC(c3nc(-c4ncccn4)no3)C2)c1. The maximum atomic E-state index is 5.40. The lowest BCUT2D eigenvalue weighted by molar-refractivity contribution is 0.117. The number of benzene rings is 1. The highest BCUT2D eigenvalue weighted by Crippen LogP contribution is 2.28. The Morgan fingerprint density at radius 1 is 1.12 bits per heavy atom. The smallest absolute Gasteiger partial charge is 0.240 e. The Labute approximate surface area is 140 Å². The summed E-state index contributed by atoms with van der Waals surface area (Å²) in [5.41, 5.74) is 4.03. The molecule has 1 aliphatic rings. The maximum absolute atomic E-state index is 5.40. The number of hydrogen-bond donors (Lipinski definition) is 0. The van der Waals surface area contributed by atoms with Crippen LogP contribution in [-0.2, 0) is 6.54 Å². The summed E-state index contributed by atoms with van der Waals surface area (Å²) in [6.45, 7) is 7.13. The number of hydrogen-bond acceptors (Lipinski definition) is 6. The summed E-state index contributed by atoms with van der Waals surface area (Å²) >= 11 is 0. The molecule has 6 nitrogen and oxygen atoms in total. The Morgan fingerprint density at radius 3 is 2.71 bits per heavy atom. The molecule has 3 aromatic rings. The van der Waals surface area contributed by atoms with Crippen molar-refractivity contribution in [1.82, 2.24) is 25.0 Å². The maximum Gasteiger partial charge on any atom is 0.240 e. The molecule has 4 rings (SSSR count). The summed E-state index contributed by atoms with van der Waals surface area (Å²) in [4.78, 5) is 15.1. The van der Waals surface area contributed by atoms with Crippen LogP contribution in [0.5, 0.6) is 0 Å². The Bertz CT molecular complexity index is 840. The van der Waals surface area contributed by atoms with Gasteiger partial charge >= 0.3 is 0 Å². The van der Waals surface area contributed by atoms with Crippen LogP contribution in [0.1, 0.15) is 28.5 Å². The molecule has 122 valence electrons. The fourth-order valence-electron chi connectivity index (χ4n) is 2.97. The van der Waals surface area contributed by atoms with Gasteiger partial charge in [0.1, 0.15) is 0 Å². The van der Waals surface area contributed by atoms with Crippen LogP contribution in [0.15, 0.2) is 41.2 Å². The predicted octanol–water partition coefficient (Wildman–Crippen LogP) is 2.74. The first-order valence-electron chi connectivity index (χ1n) is 8.08. The summed E-state index contributed by atoms with van der Waals surface area (Å²) in [5.74, 6) is 1.92. The highest BCUT2D eigenvalue weighted by atomic mass is 16.5. The second-order valence-corrected chi connectivity index (χ2v) is 6.35. The van der Waals surface area contributed by atoms with Gasteiger partial charge in [0.25, 0.3) is 0 Å². The molecule has 0 atom stereocenters. The molecule has 0 unspecified atom stereocenters. The highest BCUT2D eigenvalue weighted by molar-refractivity contribution is 5.40. The molecule has 2 aromatic heterocycles. The summed E-state index contributed by atoms with van der Waals surface area (Å²) in [6, 6.07) is 8.37. The van der Waals surface area contributed by atoms with E-state index in [1.54, 1.807) is 18.5 Å². The Hall–Kier alpha value is -2.60. The molecule has 0 saturated carbocycles. The van der Waals surface area contributed by atoms with Gasteiger partial charge in [-0.1, -0.05) is 28.9 Å². The normalized spacial score (nSPS) is 15.4. The van der Waals surface area contributed by atoms with E-state index in [4.69, 9.17) is 4.52 Å². The van der Waals surface area contributed by atoms with E-state index in [2.05, 4.69) is 57.1 Å². The van der Waals surface area contributed by atoms with Crippen LogP contribution in [-0.4, -0.2) is 38.1 Å². The molecular weight excluding hydrogens is 302 g/mol. The van der Waals surface area contributed by atoms with E-state index in [0.717, 1.165) is 19.6 Å². The van der Waals surface area contributed by atoms with Gasteiger partial charge in [0.2, 0.25) is 17.5 Å². The molecule has 0 amide bonds. The summed E-state index contributed by atoms with van der Waals surface area (Å²) in [6.07, 6.45) is 3.35. The third-order valence-corrected chi connectivity index (χ3v) is 4.41. The quantitative estimate of drug-likeness (QED) is 0.736. The summed E-state index contributed by atoms with van der Waals surface area (Å²) in [7, 11) is 0. The van der Waals surface area contributed by atoms with Crippen molar-refractivity contribution >= 4 is 0 Å². The lowest BCUT2D eigenvalue weighted by Crippen LogP contribution is -2.44. The number of aryl methyl sites for hydroxylation is 2. The topological polar surface area (TPSA) is 67.9 Å². The van der Waals surface area contributed by atoms with Gasteiger partial charge in [-0.2, -0.15) is 4.98 Å². The van der Waals surface area contributed by atoms with Gasteiger partial charge in [-0.15, -0.1) is 0 Å². The first-order valence-corrected chi connectivity index (χ1v) is 8.08. The second-order valence-electron chi connectivity index (χ2n) is 6.35. The number of nitrogens with zero attached hydrogens (tertiary/aromatic N) is 5. The van der Waals surface area contributed by atoms with Crippen LogP contribution in [0, 0.1) is 13.8 Å². The number of likely N-dealkylation sites (tertiary alicyclic amines) is 1. The first-order chi connectivity index (χ1) is 11.7. The van der Waals surface area contributed by atoms with Gasteiger partial charge in [0, 0.05) is 32.0 Å². The van der Waals surface area contributed by atoms with Crippen molar-refractivity contribution in [3.63, 3.8) is 0 Å². The van der Waals surface area contributed by atoms with E-state index in [1.165, 1.54) is 16.7 Å². The van der Waals surface area contributed by atoms with Gasteiger partial charge in [0.15, 0.2) is 0 Å². The number of aromatic nitrogens is 4. The Kier molecular flexibility index (Phi) is 3.82. The molecule has 24 heavy (non-hydrogen) atoms. The molecule has 1 fully saturated rings. The molecule has 1 aromatic carbocycles. The van der Waals surface area contributed by atoms with Crippen LogP contribution in [0.25, 0.3) is 11.6 Å². The highest BCUT2D eigenvalue weighted by Gasteiger charge is 2.33. The first kappa shape index (κ1) is 15.0. The van der Waals surface area contributed by atoms with E-state index in [0.29, 0.717) is 23.5 Å². The van der Waals surface area contributed by atoms with Gasteiger partial charge in [-0.25, -0.2) is 9.97 Å². The van der Waals surface area contributed by atoms with Gasteiger partial charge in [-0.05, 0) is 31.0 Å².